The van der Waals surface area contributed by atoms with Crippen LogP contribution in [-0.4, -0.2) is 24.3 Å². The molecule has 118 valence electrons. The molecule has 2 atom stereocenters. The summed E-state index contributed by atoms with van der Waals surface area (Å²) in [4.78, 5) is 11.4. The highest BCUT2D eigenvalue weighted by Gasteiger charge is 2.25. The summed E-state index contributed by atoms with van der Waals surface area (Å²) in [5, 5.41) is 9.33. The van der Waals surface area contributed by atoms with Crippen molar-refractivity contribution in [2.75, 3.05) is 7.11 Å². The fourth-order valence-electron chi connectivity index (χ4n) is 2.14. The maximum absolute atomic E-state index is 11.4. The summed E-state index contributed by atoms with van der Waals surface area (Å²) < 4.78 is 10.8. The smallest absolute Gasteiger partial charge is 0.309 e. The molecule has 0 amide bonds. The molecule has 0 aliphatic rings. The minimum atomic E-state index is -0.780. The molecule has 1 aromatic carbocycles. The molecule has 4 nitrogen and oxygen atoms in total. The van der Waals surface area contributed by atoms with E-state index in [4.69, 9.17) is 9.47 Å². The first-order valence-corrected chi connectivity index (χ1v) is 7.41. The average Bonchev–Trinajstić information content (AvgIpc) is 2.45. The second-order valence-corrected chi connectivity index (χ2v) is 5.78. The highest BCUT2D eigenvalue weighted by atomic mass is 16.5. The predicted molar refractivity (Wildman–Crippen MR) is 82.4 cm³/mol. The molecule has 1 rings (SSSR count). The van der Waals surface area contributed by atoms with E-state index in [1.165, 1.54) is 0 Å². The third-order valence-electron chi connectivity index (χ3n) is 3.61. The number of aliphatic carboxylic acids is 1. The molecular formula is C17H26O4. The van der Waals surface area contributed by atoms with Crippen LogP contribution in [0.5, 0.6) is 5.75 Å². The molecule has 0 bridgehead atoms. The molecular weight excluding hydrogens is 268 g/mol. The van der Waals surface area contributed by atoms with Crippen LogP contribution in [0.25, 0.3) is 0 Å². The van der Waals surface area contributed by atoms with Gasteiger partial charge in [0.15, 0.2) is 0 Å². The quantitative estimate of drug-likeness (QED) is 0.754. The molecule has 0 aromatic heterocycles. The lowest BCUT2D eigenvalue weighted by atomic mass is 9.94. The highest BCUT2D eigenvalue weighted by Crippen LogP contribution is 2.20. The van der Waals surface area contributed by atoms with Crippen LogP contribution in [-0.2, 0) is 16.1 Å². The van der Waals surface area contributed by atoms with Crippen molar-refractivity contribution in [2.24, 2.45) is 11.8 Å². The molecule has 0 aliphatic heterocycles. The maximum Gasteiger partial charge on any atom is 0.309 e. The maximum atomic E-state index is 11.4. The van der Waals surface area contributed by atoms with Crippen molar-refractivity contribution in [3.63, 3.8) is 0 Å². The number of carboxylic acid groups (broad SMARTS) is 1. The Balaban J connectivity index is 2.51. The summed E-state index contributed by atoms with van der Waals surface area (Å²) in [5.41, 5.74) is 1.01. The van der Waals surface area contributed by atoms with Crippen molar-refractivity contribution in [3.05, 3.63) is 29.8 Å². The van der Waals surface area contributed by atoms with E-state index in [-0.39, 0.29) is 6.10 Å². The first-order chi connectivity index (χ1) is 9.93. The second kappa shape index (κ2) is 8.67. The highest BCUT2D eigenvalue weighted by molar-refractivity contribution is 5.70. The SMILES string of the molecule is COc1ccc(COC(C)C(CCC(C)C)C(=O)O)cc1. The monoisotopic (exact) mass is 294 g/mol. The van der Waals surface area contributed by atoms with Crippen LogP contribution in [0.2, 0.25) is 0 Å². The minimum Gasteiger partial charge on any atom is -0.497 e. The van der Waals surface area contributed by atoms with Crippen LogP contribution < -0.4 is 4.74 Å². The van der Waals surface area contributed by atoms with Gasteiger partial charge in [-0.05, 0) is 37.0 Å². The molecule has 0 spiro atoms. The Morgan fingerprint density at radius 2 is 1.76 bits per heavy atom. The van der Waals surface area contributed by atoms with Crippen LogP contribution in [0.1, 0.15) is 39.2 Å². The van der Waals surface area contributed by atoms with Crippen LogP contribution in [0.3, 0.4) is 0 Å². The van der Waals surface area contributed by atoms with Crippen LogP contribution in [0.15, 0.2) is 24.3 Å². The molecule has 4 heteroatoms. The number of carboxylic acids is 1. The van der Waals surface area contributed by atoms with Gasteiger partial charge < -0.3 is 14.6 Å². The number of methoxy groups -OCH3 is 1. The van der Waals surface area contributed by atoms with Gasteiger partial charge in [0.05, 0.1) is 25.7 Å². The lowest BCUT2D eigenvalue weighted by Gasteiger charge is -2.21. The minimum absolute atomic E-state index is 0.302. The van der Waals surface area contributed by atoms with E-state index in [9.17, 15) is 9.90 Å². The number of benzene rings is 1. The average molecular weight is 294 g/mol. The lowest BCUT2D eigenvalue weighted by Crippen LogP contribution is -2.28. The number of rotatable bonds is 9. The van der Waals surface area contributed by atoms with Crippen molar-refractivity contribution in [2.45, 2.75) is 46.3 Å². The first kappa shape index (κ1) is 17.5. The Morgan fingerprint density at radius 3 is 2.24 bits per heavy atom. The fourth-order valence-corrected chi connectivity index (χ4v) is 2.14. The van der Waals surface area contributed by atoms with Crippen molar-refractivity contribution >= 4 is 5.97 Å². The number of carbonyl (C=O) groups is 1. The summed E-state index contributed by atoms with van der Waals surface area (Å²) in [6.45, 7) is 6.45. The Labute approximate surface area is 127 Å². The fraction of sp³-hybridized carbons (Fsp3) is 0.588. The summed E-state index contributed by atoms with van der Waals surface area (Å²) in [7, 11) is 1.62. The Morgan fingerprint density at radius 1 is 1.14 bits per heavy atom. The standard InChI is InChI=1S/C17H26O4/c1-12(2)5-10-16(17(18)19)13(3)21-11-14-6-8-15(20-4)9-7-14/h6-9,12-13,16H,5,10-11H2,1-4H3,(H,18,19). The lowest BCUT2D eigenvalue weighted by molar-refractivity contribution is -0.148. The van der Waals surface area contributed by atoms with Gasteiger partial charge in [-0.1, -0.05) is 32.4 Å². The molecule has 2 unspecified atom stereocenters. The van der Waals surface area contributed by atoms with E-state index in [0.717, 1.165) is 17.7 Å². The van der Waals surface area contributed by atoms with Gasteiger partial charge >= 0.3 is 5.97 Å². The molecule has 0 radical (unpaired) electrons. The van der Waals surface area contributed by atoms with Crippen molar-refractivity contribution in [3.8, 4) is 5.75 Å². The summed E-state index contributed by atoms with van der Waals surface area (Å²) in [6, 6.07) is 7.60. The molecule has 21 heavy (non-hydrogen) atoms. The van der Waals surface area contributed by atoms with E-state index < -0.39 is 11.9 Å². The van der Waals surface area contributed by atoms with Gasteiger partial charge in [-0.2, -0.15) is 0 Å². The normalized spacial score (nSPS) is 14.0. The van der Waals surface area contributed by atoms with Gasteiger partial charge in [-0.3, -0.25) is 4.79 Å². The molecule has 0 saturated carbocycles. The number of ether oxygens (including phenoxy) is 2. The largest absolute Gasteiger partial charge is 0.497 e. The zero-order valence-electron chi connectivity index (χ0n) is 13.3. The van der Waals surface area contributed by atoms with Crippen LogP contribution in [0.4, 0.5) is 0 Å². The molecule has 1 N–H and O–H groups in total. The van der Waals surface area contributed by atoms with E-state index >= 15 is 0 Å². The zero-order chi connectivity index (χ0) is 15.8. The molecule has 0 saturated heterocycles. The number of hydrogen-bond acceptors (Lipinski definition) is 3. The first-order valence-electron chi connectivity index (χ1n) is 7.41. The van der Waals surface area contributed by atoms with Gasteiger partial charge in [-0.15, -0.1) is 0 Å². The van der Waals surface area contributed by atoms with E-state index in [1.54, 1.807) is 7.11 Å². The summed E-state index contributed by atoms with van der Waals surface area (Å²) >= 11 is 0. The molecule has 0 heterocycles. The predicted octanol–water partition coefficient (Wildman–Crippen LogP) is 3.74. The molecule has 0 fully saturated rings. The van der Waals surface area contributed by atoms with E-state index in [0.29, 0.717) is 18.9 Å². The topological polar surface area (TPSA) is 55.8 Å². The zero-order valence-corrected chi connectivity index (χ0v) is 13.3. The van der Waals surface area contributed by atoms with Gasteiger partial charge in [0.25, 0.3) is 0 Å². The van der Waals surface area contributed by atoms with Gasteiger partial charge in [0, 0.05) is 0 Å². The third-order valence-corrected chi connectivity index (χ3v) is 3.61. The number of hydrogen-bond donors (Lipinski definition) is 1. The van der Waals surface area contributed by atoms with Crippen molar-refractivity contribution in [1.29, 1.82) is 0 Å². The Kier molecular flexibility index (Phi) is 7.23. The Hall–Kier alpha value is -1.55. The van der Waals surface area contributed by atoms with Crippen molar-refractivity contribution in [1.82, 2.24) is 0 Å². The van der Waals surface area contributed by atoms with Gasteiger partial charge in [-0.25, -0.2) is 0 Å². The summed E-state index contributed by atoms with van der Waals surface area (Å²) in [6.07, 6.45) is 1.24. The molecule has 1 aromatic rings. The molecule has 0 aliphatic carbocycles. The van der Waals surface area contributed by atoms with Gasteiger partial charge in [0.2, 0.25) is 0 Å². The van der Waals surface area contributed by atoms with Crippen LogP contribution >= 0.6 is 0 Å². The second-order valence-electron chi connectivity index (χ2n) is 5.78. The van der Waals surface area contributed by atoms with E-state index in [1.807, 2.05) is 31.2 Å². The summed E-state index contributed by atoms with van der Waals surface area (Å²) in [5.74, 6) is 0.0660. The van der Waals surface area contributed by atoms with E-state index in [2.05, 4.69) is 13.8 Å². The van der Waals surface area contributed by atoms with Crippen molar-refractivity contribution < 1.29 is 19.4 Å². The van der Waals surface area contributed by atoms with Crippen LogP contribution in [0, 0.1) is 11.8 Å². The Bertz CT molecular complexity index is 425. The third kappa shape index (κ3) is 6.17. The van der Waals surface area contributed by atoms with Gasteiger partial charge in [0.1, 0.15) is 5.75 Å².